The largest absolute Gasteiger partial charge is 0.478 e. The van der Waals surface area contributed by atoms with Crippen molar-refractivity contribution in [3.63, 3.8) is 0 Å². The van der Waals surface area contributed by atoms with Gasteiger partial charge in [-0.2, -0.15) is 0 Å². The summed E-state index contributed by atoms with van der Waals surface area (Å²) in [6.45, 7) is 2.58. The normalized spacial score (nSPS) is 24.5. The van der Waals surface area contributed by atoms with Gasteiger partial charge in [-0.05, 0) is 31.8 Å². The molecule has 2 amide bonds. The average Bonchev–Trinajstić information content (AvgIpc) is 2.34. The van der Waals surface area contributed by atoms with E-state index in [2.05, 4.69) is 0 Å². The van der Waals surface area contributed by atoms with Gasteiger partial charge in [0, 0.05) is 19.2 Å². The third kappa shape index (κ3) is 2.94. The first-order valence-electron chi connectivity index (χ1n) is 6.47. The van der Waals surface area contributed by atoms with Crippen LogP contribution in [0.3, 0.4) is 0 Å². The maximum absolute atomic E-state index is 12.3. The monoisotopic (exact) mass is 266 g/mol. The summed E-state index contributed by atoms with van der Waals surface area (Å²) in [4.78, 5) is 38.0. The Bertz CT molecular complexity index is 444. The summed E-state index contributed by atoms with van der Waals surface area (Å²) >= 11 is 0. The molecule has 0 spiro atoms. The lowest BCUT2D eigenvalue weighted by Gasteiger charge is -2.42. The third-order valence-corrected chi connectivity index (χ3v) is 3.56. The van der Waals surface area contributed by atoms with Crippen LogP contribution in [0, 0.1) is 0 Å². The molecular weight excluding hydrogens is 248 g/mol. The van der Waals surface area contributed by atoms with E-state index in [0.717, 1.165) is 18.9 Å². The van der Waals surface area contributed by atoms with Gasteiger partial charge in [0.2, 0.25) is 11.8 Å². The molecule has 1 unspecified atom stereocenters. The van der Waals surface area contributed by atoms with Crippen molar-refractivity contribution < 1.29 is 19.5 Å². The highest BCUT2D eigenvalue weighted by Gasteiger charge is 2.40. The van der Waals surface area contributed by atoms with Crippen molar-refractivity contribution in [2.24, 2.45) is 0 Å². The fourth-order valence-corrected chi connectivity index (χ4v) is 2.72. The summed E-state index contributed by atoms with van der Waals surface area (Å²) in [6.07, 6.45) is 3.69. The highest BCUT2D eigenvalue weighted by atomic mass is 16.4. The Morgan fingerprint density at radius 3 is 2.84 bits per heavy atom. The zero-order chi connectivity index (χ0) is 14.0. The number of piperidine rings is 1. The summed E-state index contributed by atoms with van der Waals surface area (Å²) in [5, 5.41) is 8.66. The fourth-order valence-electron chi connectivity index (χ4n) is 2.72. The smallest absolute Gasteiger partial charge is 0.328 e. The van der Waals surface area contributed by atoms with Crippen molar-refractivity contribution in [1.29, 1.82) is 0 Å². The number of carbonyl (C=O) groups is 3. The molecule has 0 bridgehead atoms. The molecular formula is C13H18N2O4. The second kappa shape index (κ2) is 5.42. The molecule has 0 aromatic heterocycles. The number of carboxylic acid groups (broad SMARTS) is 1. The van der Waals surface area contributed by atoms with Crippen LogP contribution >= 0.6 is 0 Å². The minimum atomic E-state index is -1.03. The van der Waals surface area contributed by atoms with E-state index < -0.39 is 5.97 Å². The van der Waals surface area contributed by atoms with E-state index >= 15 is 0 Å². The van der Waals surface area contributed by atoms with Gasteiger partial charge in [0.25, 0.3) is 0 Å². The molecule has 2 rings (SSSR count). The van der Waals surface area contributed by atoms with E-state index in [9.17, 15) is 14.4 Å². The van der Waals surface area contributed by atoms with E-state index in [1.54, 1.807) is 11.8 Å². The number of piperazine rings is 1. The van der Waals surface area contributed by atoms with Crippen molar-refractivity contribution in [3.05, 3.63) is 11.6 Å². The zero-order valence-electron chi connectivity index (χ0n) is 11.0. The number of aliphatic carboxylic acids is 1. The second-order valence-corrected chi connectivity index (χ2v) is 5.12. The molecule has 19 heavy (non-hydrogen) atoms. The highest BCUT2D eigenvalue weighted by Crippen LogP contribution is 2.23. The maximum Gasteiger partial charge on any atom is 0.328 e. The molecule has 1 atom stereocenters. The minimum absolute atomic E-state index is 0.0348. The first-order valence-corrected chi connectivity index (χ1v) is 6.47. The lowest BCUT2D eigenvalue weighted by Crippen LogP contribution is -2.61. The third-order valence-electron chi connectivity index (χ3n) is 3.56. The van der Waals surface area contributed by atoms with Crippen molar-refractivity contribution in [3.8, 4) is 0 Å². The van der Waals surface area contributed by atoms with Gasteiger partial charge in [-0.15, -0.1) is 0 Å². The second-order valence-electron chi connectivity index (χ2n) is 5.12. The first kappa shape index (κ1) is 13.6. The van der Waals surface area contributed by atoms with Crippen molar-refractivity contribution >= 4 is 17.8 Å². The molecule has 0 aromatic carbocycles. The number of hydrogen-bond donors (Lipinski definition) is 1. The molecule has 2 heterocycles. The van der Waals surface area contributed by atoms with Crippen LogP contribution < -0.4 is 0 Å². The van der Waals surface area contributed by atoms with Crippen molar-refractivity contribution in [2.45, 2.75) is 32.2 Å². The zero-order valence-corrected chi connectivity index (χ0v) is 11.0. The van der Waals surface area contributed by atoms with Gasteiger partial charge in [0.05, 0.1) is 0 Å². The van der Waals surface area contributed by atoms with Crippen LogP contribution in [0.2, 0.25) is 0 Å². The number of nitrogens with zero attached hydrogens (tertiary/aromatic N) is 2. The van der Waals surface area contributed by atoms with E-state index in [4.69, 9.17) is 5.11 Å². The van der Waals surface area contributed by atoms with E-state index in [-0.39, 0.29) is 30.9 Å². The standard InChI is InChI=1S/C13H18N2O4/c1-9(6-12(17)18)7-14-8-11(16)15-5-3-2-4-10(15)13(14)19/h6,10H,2-5,7-8H2,1H3,(H,17,18). The quantitative estimate of drug-likeness (QED) is 0.742. The molecule has 2 saturated heterocycles. The lowest BCUT2D eigenvalue weighted by molar-refractivity contribution is -0.157. The van der Waals surface area contributed by atoms with Gasteiger partial charge in [0.1, 0.15) is 12.6 Å². The molecule has 0 saturated carbocycles. The van der Waals surface area contributed by atoms with E-state index in [1.807, 2.05) is 0 Å². The molecule has 2 aliphatic rings. The topological polar surface area (TPSA) is 77.9 Å². The SMILES string of the molecule is CC(=CC(=O)O)CN1CC(=O)N2CCCCC2C1=O. The fraction of sp³-hybridized carbons (Fsp3) is 0.615. The molecule has 2 aliphatic heterocycles. The summed E-state index contributed by atoms with van der Waals surface area (Å²) in [7, 11) is 0. The van der Waals surface area contributed by atoms with Crippen LogP contribution in [-0.4, -0.2) is 58.4 Å². The molecule has 1 N–H and O–H groups in total. The lowest BCUT2D eigenvalue weighted by atomic mass is 9.98. The van der Waals surface area contributed by atoms with E-state index in [0.29, 0.717) is 18.5 Å². The van der Waals surface area contributed by atoms with Crippen LogP contribution in [0.15, 0.2) is 11.6 Å². The summed E-state index contributed by atoms with van der Waals surface area (Å²) < 4.78 is 0. The molecule has 0 aliphatic carbocycles. The Labute approximate surface area is 111 Å². The number of carbonyl (C=O) groups excluding carboxylic acids is 2. The van der Waals surface area contributed by atoms with Gasteiger partial charge in [0.15, 0.2) is 0 Å². The first-order chi connectivity index (χ1) is 8.99. The molecule has 104 valence electrons. The molecule has 6 heteroatoms. The van der Waals surface area contributed by atoms with Crippen LogP contribution in [0.4, 0.5) is 0 Å². The average molecular weight is 266 g/mol. The number of amides is 2. The van der Waals surface area contributed by atoms with Crippen molar-refractivity contribution in [2.75, 3.05) is 19.6 Å². The van der Waals surface area contributed by atoms with Gasteiger partial charge in [-0.25, -0.2) is 4.79 Å². The number of hydrogen-bond acceptors (Lipinski definition) is 3. The predicted octanol–water partition coefficient (Wildman–Crippen LogP) is 0.241. The van der Waals surface area contributed by atoms with Gasteiger partial charge in [-0.3, -0.25) is 9.59 Å². The van der Waals surface area contributed by atoms with Crippen LogP contribution in [0.25, 0.3) is 0 Å². The van der Waals surface area contributed by atoms with Crippen molar-refractivity contribution in [1.82, 2.24) is 9.80 Å². The van der Waals surface area contributed by atoms with Gasteiger partial charge < -0.3 is 14.9 Å². The highest BCUT2D eigenvalue weighted by molar-refractivity contribution is 5.95. The predicted molar refractivity (Wildman–Crippen MR) is 67.3 cm³/mol. The Kier molecular flexibility index (Phi) is 3.87. The summed E-state index contributed by atoms with van der Waals surface area (Å²) in [5.41, 5.74) is 0.568. The van der Waals surface area contributed by atoms with Crippen LogP contribution in [0.5, 0.6) is 0 Å². The minimum Gasteiger partial charge on any atom is -0.478 e. The van der Waals surface area contributed by atoms with Gasteiger partial charge >= 0.3 is 5.97 Å². The van der Waals surface area contributed by atoms with Crippen LogP contribution in [0.1, 0.15) is 26.2 Å². The maximum atomic E-state index is 12.3. The summed E-state index contributed by atoms with van der Waals surface area (Å²) in [5.74, 6) is -1.13. The van der Waals surface area contributed by atoms with E-state index in [1.165, 1.54) is 4.90 Å². The molecule has 0 radical (unpaired) electrons. The van der Waals surface area contributed by atoms with Crippen LogP contribution in [-0.2, 0) is 14.4 Å². The molecule has 2 fully saturated rings. The number of fused-ring (bicyclic) bond motifs is 1. The Hall–Kier alpha value is -1.85. The Balaban J connectivity index is 2.08. The Morgan fingerprint density at radius 1 is 1.42 bits per heavy atom. The van der Waals surface area contributed by atoms with Gasteiger partial charge in [-0.1, -0.05) is 0 Å². The summed E-state index contributed by atoms with van der Waals surface area (Å²) in [6, 6.07) is -0.340. The molecule has 6 nitrogen and oxygen atoms in total. The Morgan fingerprint density at radius 2 is 2.16 bits per heavy atom. The number of carboxylic acids is 1. The molecule has 0 aromatic rings. The number of rotatable bonds is 3.